The first kappa shape index (κ1) is 22.2. The van der Waals surface area contributed by atoms with E-state index in [0.717, 1.165) is 25.7 Å². The van der Waals surface area contributed by atoms with E-state index in [1.807, 2.05) is 0 Å². The predicted octanol–water partition coefficient (Wildman–Crippen LogP) is 5.86. The van der Waals surface area contributed by atoms with Crippen molar-refractivity contribution in [2.75, 3.05) is 0 Å². The summed E-state index contributed by atoms with van der Waals surface area (Å²) in [4.78, 5) is 10.4. The Morgan fingerprint density at radius 1 is 0.826 bits per heavy atom. The molecule has 0 aliphatic carbocycles. The number of aliphatic carboxylic acids is 1. The molecule has 136 valence electrons. The van der Waals surface area contributed by atoms with Crippen LogP contribution in [0.5, 0.6) is 0 Å². The highest BCUT2D eigenvalue weighted by Crippen LogP contribution is 2.11. The first-order valence-electron chi connectivity index (χ1n) is 9.71. The summed E-state index contributed by atoms with van der Waals surface area (Å²) in [5, 5.41) is 18.2. The van der Waals surface area contributed by atoms with E-state index in [4.69, 9.17) is 5.11 Å². The zero-order chi connectivity index (χ0) is 17.2. The number of allylic oxidation sites excluding steroid dienone is 2. The lowest BCUT2D eigenvalue weighted by atomic mass is 10.0. The quantitative estimate of drug-likeness (QED) is 0.260. The van der Waals surface area contributed by atoms with E-state index in [0.29, 0.717) is 6.42 Å². The first-order chi connectivity index (χ1) is 11.2. The SMILES string of the molecule is CCCCCCCC/C=C/CCCCCCC(O)CCC(=O)O. The molecule has 0 aromatic carbocycles. The summed E-state index contributed by atoms with van der Waals surface area (Å²) < 4.78 is 0. The maximum atomic E-state index is 10.4. The topological polar surface area (TPSA) is 57.5 Å². The minimum absolute atomic E-state index is 0.0740. The second-order valence-corrected chi connectivity index (χ2v) is 6.61. The summed E-state index contributed by atoms with van der Waals surface area (Å²) in [7, 11) is 0. The van der Waals surface area contributed by atoms with Gasteiger partial charge in [0, 0.05) is 6.42 Å². The Hall–Kier alpha value is -0.830. The molecule has 0 aliphatic rings. The molecule has 0 rings (SSSR count). The number of rotatable bonds is 17. The van der Waals surface area contributed by atoms with Crippen molar-refractivity contribution in [1.29, 1.82) is 0 Å². The zero-order valence-electron chi connectivity index (χ0n) is 15.1. The molecule has 23 heavy (non-hydrogen) atoms. The number of aliphatic hydroxyl groups excluding tert-OH is 1. The molecule has 3 heteroatoms. The Kier molecular flexibility index (Phi) is 16.9. The van der Waals surface area contributed by atoms with Crippen molar-refractivity contribution in [3.63, 3.8) is 0 Å². The van der Waals surface area contributed by atoms with Gasteiger partial charge in [0.1, 0.15) is 0 Å². The fourth-order valence-electron chi connectivity index (χ4n) is 2.71. The van der Waals surface area contributed by atoms with E-state index in [9.17, 15) is 9.90 Å². The summed E-state index contributed by atoms with van der Waals surface area (Å²) in [6.07, 6.45) is 20.5. The van der Waals surface area contributed by atoms with Gasteiger partial charge in [0.05, 0.1) is 6.10 Å². The molecule has 0 saturated carbocycles. The maximum absolute atomic E-state index is 10.4. The van der Waals surface area contributed by atoms with Crippen LogP contribution in [-0.2, 0) is 4.79 Å². The third kappa shape index (κ3) is 19.1. The van der Waals surface area contributed by atoms with Crippen LogP contribution in [0.25, 0.3) is 0 Å². The summed E-state index contributed by atoms with van der Waals surface area (Å²) in [6, 6.07) is 0. The molecule has 0 amide bonds. The molecule has 0 heterocycles. The molecule has 1 atom stereocenters. The second kappa shape index (κ2) is 17.5. The van der Waals surface area contributed by atoms with Crippen molar-refractivity contribution >= 4 is 5.97 Å². The highest BCUT2D eigenvalue weighted by atomic mass is 16.4. The Balaban J connectivity index is 3.20. The van der Waals surface area contributed by atoms with Gasteiger partial charge in [-0.1, -0.05) is 70.4 Å². The van der Waals surface area contributed by atoms with Crippen molar-refractivity contribution in [2.24, 2.45) is 0 Å². The second-order valence-electron chi connectivity index (χ2n) is 6.61. The van der Waals surface area contributed by atoms with E-state index in [2.05, 4.69) is 19.1 Å². The van der Waals surface area contributed by atoms with Gasteiger partial charge in [-0.05, 0) is 38.5 Å². The van der Waals surface area contributed by atoms with Gasteiger partial charge in [0.25, 0.3) is 0 Å². The van der Waals surface area contributed by atoms with Crippen LogP contribution in [0.3, 0.4) is 0 Å². The average molecular weight is 327 g/mol. The summed E-state index contributed by atoms with van der Waals surface area (Å²) in [5.41, 5.74) is 0. The van der Waals surface area contributed by atoms with Crippen molar-refractivity contribution in [3.05, 3.63) is 12.2 Å². The molecule has 0 aromatic rings. The average Bonchev–Trinajstić information content (AvgIpc) is 2.53. The Morgan fingerprint density at radius 2 is 1.35 bits per heavy atom. The number of aliphatic hydroxyl groups is 1. The lowest BCUT2D eigenvalue weighted by Gasteiger charge is -2.08. The number of unbranched alkanes of at least 4 members (excludes halogenated alkanes) is 10. The third-order valence-electron chi connectivity index (χ3n) is 4.24. The predicted molar refractivity (Wildman–Crippen MR) is 97.7 cm³/mol. The van der Waals surface area contributed by atoms with E-state index >= 15 is 0 Å². The number of carboxylic acids is 1. The largest absolute Gasteiger partial charge is 0.481 e. The van der Waals surface area contributed by atoms with Gasteiger partial charge in [-0.15, -0.1) is 0 Å². The van der Waals surface area contributed by atoms with Gasteiger partial charge >= 0.3 is 5.97 Å². The van der Waals surface area contributed by atoms with E-state index in [1.54, 1.807) is 0 Å². The maximum Gasteiger partial charge on any atom is 0.303 e. The normalized spacial score (nSPS) is 12.8. The molecule has 0 saturated heterocycles. The standard InChI is InChI=1S/C20H38O3/c1-2-3-4-5-6-7-8-9-10-11-12-13-14-15-16-19(21)17-18-20(22)23/h9-10,19,21H,2-8,11-18H2,1H3,(H,22,23)/b10-9+. The molecule has 2 N–H and O–H groups in total. The fraction of sp³-hybridized carbons (Fsp3) is 0.850. The molecule has 3 nitrogen and oxygen atoms in total. The van der Waals surface area contributed by atoms with Gasteiger partial charge in [-0.2, -0.15) is 0 Å². The Bertz CT molecular complexity index is 287. The van der Waals surface area contributed by atoms with E-state index < -0.39 is 12.1 Å². The van der Waals surface area contributed by atoms with Crippen LogP contribution >= 0.6 is 0 Å². The van der Waals surface area contributed by atoms with Gasteiger partial charge in [-0.25, -0.2) is 0 Å². The van der Waals surface area contributed by atoms with Crippen LogP contribution in [0.4, 0.5) is 0 Å². The van der Waals surface area contributed by atoms with Gasteiger partial charge in [-0.3, -0.25) is 4.79 Å². The monoisotopic (exact) mass is 326 g/mol. The van der Waals surface area contributed by atoms with Crippen molar-refractivity contribution in [2.45, 2.75) is 109 Å². The molecule has 1 unspecified atom stereocenters. The van der Waals surface area contributed by atoms with Crippen LogP contribution in [0.1, 0.15) is 103 Å². The molecule has 0 aromatic heterocycles. The number of hydrogen-bond donors (Lipinski definition) is 2. The van der Waals surface area contributed by atoms with Gasteiger partial charge < -0.3 is 10.2 Å². The van der Waals surface area contributed by atoms with Crippen molar-refractivity contribution in [1.82, 2.24) is 0 Å². The molecule has 0 fully saturated rings. The molecule has 0 bridgehead atoms. The third-order valence-corrected chi connectivity index (χ3v) is 4.24. The summed E-state index contributed by atoms with van der Waals surface area (Å²) >= 11 is 0. The van der Waals surface area contributed by atoms with Crippen LogP contribution < -0.4 is 0 Å². The minimum Gasteiger partial charge on any atom is -0.481 e. The van der Waals surface area contributed by atoms with Crippen LogP contribution in [-0.4, -0.2) is 22.3 Å². The van der Waals surface area contributed by atoms with E-state index in [-0.39, 0.29) is 6.42 Å². The summed E-state index contributed by atoms with van der Waals surface area (Å²) in [6.45, 7) is 2.25. The highest BCUT2D eigenvalue weighted by molar-refractivity contribution is 5.66. The minimum atomic E-state index is -0.822. The van der Waals surface area contributed by atoms with Gasteiger partial charge in [0.2, 0.25) is 0 Å². The van der Waals surface area contributed by atoms with Crippen LogP contribution in [0.2, 0.25) is 0 Å². The molecule has 0 aliphatic heterocycles. The van der Waals surface area contributed by atoms with Crippen LogP contribution in [0, 0.1) is 0 Å². The molecular formula is C20H38O3. The Morgan fingerprint density at radius 3 is 1.91 bits per heavy atom. The number of hydrogen-bond acceptors (Lipinski definition) is 2. The smallest absolute Gasteiger partial charge is 0.303 e. The Labute approximate surface area is 143 Å². The number of carbonyl (C=O) groups is 1. The van der Waals surface area contributed by atoms with E-state index in [1.165, 1.54) is 57.8 Å². The molecule has 0 spiro atoms. The fourth-order valence-corrected chi connectivity index (χ4v) is 2.71. The lowest BCUT2D eigenvalue weighted by molar-refractivity contribution is -0.137. The summed E-state index contributed by atoms with van der Waals surface area (Å²) in [5.74, 6) is -0.822. The lowest BCUT2D eigenvalue weighted by Crippen LogP contribution is -2.09. The number of carboxylic acid groups (broad SMARTS) is 1. The van der Waals surface area contributed by atoms with Crippen LogP contribution in [0.15, 0.2) is 12.2 Å². The molecular weight excluding hydrogens is 288 g/mol. The highest BCUT2D eigenvalue weighted by Gasteiger charge is 2.06. The molecule has 0 radical (unpaired) electrons. The van der Waals surface area contributed by atoms with Gasteiger partial charge in [0.15, 0.2) is 0 Å². The van der Waals surface area contributed by atoms with Crippen molar-refractivity contribution < 1.29 is 15.0 Å². The van der Waals surface area contributed by atoms with Crippen molar-refractivity contribution in [3.8, 4) is 0 Å². The first-order valence-corrected chi connectivity index (χ1v) is 9.71. The zero-order valence-corrected chi connectivity index (χ0v) is 15.1.